The van der Waals surface area contributed by atoms with E-state index in [1.165, 1.54) is 18.8 Å². The van der Waals surface area contributed by atoms with Gasteiger partial charge in [0.15, 0.2) is 18.0 Å². The molecule has 4 aliphatic rings. The lowest BCUT2D eigenvalue weighted by atomic mass is 9.86. The number of ketones is 1. The monoisotopic (exact) mass is 302 g/mol. The van der Waals surface area contributed by atoms with Crippen LogP contribution in [0.25, 0.3) is 0 Å². The molecule has 5 nitrogen and oxygen atoms in total. The maximum absolute atomic E-state index is 12.5. The number of rotatable bonds is 4. The smallest absolute Gasteiger partial charge is 0.329 e. The average Bonchev–Trinajstić information content (AvgIpc) is 3.24. The molecule has 4 aliphatic carbocycles. The van der Waals surface area contributed by atoms with Gasteiger partial charge in [-0.15, -0.1) is 0 Å². The molecule has 0 heterocycles. The van der Waals surface area contributed by atoms with Gasteiger partial charge in [0.2, 0.25) is 0 Å². The fourth-order valence-electron chi connectivity index (χ4n) is 4.82. The summed E-state index contributed by atoms with van der Waals surface area (Å²) >= 11 is 0. The van der Waals surface area contributed by atoms with E-state index in [9.17, 15) is 14.4 Å². The maximum atomic E-state index is 12.5. The van der Waals surface area contributed by atoms with Gasteiger partial charge in [-0.1, -0.05) is 12.2 Å². The molecule has 0 saturated heterocycles. The van der Waals surface area contributed by atoms with Gasteiger partial charge in [0, 0.05) is 6.42 Å². The van der Waals surface area contributed by atoms with E-state index in [4.69, 9.17) is 9.47 Å². The van der Waals surface area contributed by atoms with Crippen LogP contribution >= 0.6 is 0 Å². The number of ether oxygens (including phenoxy) is 2. The summed E-state index contributed by atoms with van der Waals surface area (Å²) in [7, 11) is 0. The predicted molar refractivity (Wildman–Crippen MR) is 75.2 cm³/mol. The lowest BCUT2D eigenvalue weighted by Crippen LogP contribution is -2.36. The molecule has 0 radical (unpaired) electrons. The molecule has 0 spiro atoms. The molecule has 0 aromatic carbocycles. The van der Waals surface area contributed by atoms with Crippen LogP contribution in [0.2, 0.25) is 0 Å². The highest BCUT2D eigenvalue weighted by atomic mass is 16.5. The Morgan fingerprint density at radius 2 is 2.09 bits per heavy atom. The normalized spacial score (nSPS) is 44.4. The highest BCUT2D eigenvalue weighted by molar-refractivity contribution is 6.11. The molecule has 0 aromatic rings. The Kier molecular flexibility index (Phi) is 2.94. The number of Topliss-reactive ketones (excluding diaryl/α,β-unsaturated/α-hetero) is 1. The van der Waals surface area contributed by atoms with Crippen LogP contribution in [0.1, 0.15) is 38.5 Å². The third kappa shape index (κ3) is 1.79. The van der Waals surface area contributed by atoms with Gasteiger partial charge >= 0.3 is 5.97 Å². The Bertz CT molecular complexity index is 607. The molecule has 0 aliphatic heterocycles. The molecular formula is C17H18O5. The van der Waals surface area contributed by atoms with Crippen molar-refractivity contribution in [1.29, 1.82) is 0 Å². The van der Waals surface area contributed by atoms with E-state index in [2.05, 4.69) is 0 Å². The Labute approximate surface area is 128 Å². The fourth-order valence-corrected chi connectivity index (χ4v) is 4.82. The molecule has 3 saturated carbocycles. The van der Waals surface area contributed by atoms with E-state index >= 15 is 0 Å². The Morgan fingerprint density at radius 1 is 1.32 bits per heavy atom. The number of esters is 1. The van der Waals surface area contributed by atoms with Crippen LogP contribution in [0.4, 0.5) is 0 Å². The second-order valence-corrected chi connectivity index (χ2v) is 7.05. The molecule has 0 aromatic heterocycles. The van der Waals surface area contributed by atoms with E-state index in [-0.39, 0.29) is 23.4 Å². The molecular weight excluding hydrogens is 284 g/mol. The largest absolute Gasteiger partial charge is 0.422 e. The van der Waals surface area contributed by atoms with Crippen LogP contribution in [0.3, 0.4) is 0 Å². The zero-order valence-electron chi connectivity index (χ0n) is 12.2. The number of hydrogen-bond acceptors (Lipinski definition) is 5. The standard InChI is InChI=1S/C17H18O5/c18-7-8-21-15(20)17-6-3-12(14(17)19)13(10-17)22-16-4-1-11(9-16)2-5-16/h3,6,8,11-13H,1-2,4-5,9-10H2. The number of fused-ring (bicyclic) bond motifs is 4. The predicted octanol–water partition coefficient (Wildman–Crippen LogP) is 1.74. The Balaban J connectivity index is 1.53. The van der Waals surface area contributed by atoms with Crippen molar-refractivity contribution in [2.45, 2.75) is 50.2 Å². The molecule has 116 valence electrons. The van der Waals surface area contributed by atoms with Gasteiger partial charge in [-0.25, -0.2) is 4.79 Å². The molecule has 3 atom stereocenters. The van der Waals surface area contributed by atoms with Gasteiger partial charge in [0.25, 0.3) is 0 Å². The lowest BCUT2D eigenvalue weighted by Gasteiger charge is -2.33. The summed E-state index contributed by atoms with van der Waals surface area (Å²) in [4.78, 5) is 34.9. The summed E-state index contributed by atoms with van der Waals surface area (Å²) in [6.45, 7) is 0. The van der Waals surface area contributed by atoms with Gasteiger partial charge in [0.1, 0.15) is 5.41 Å². The van der Waals surface area contributed by atoms with E-state index in [0.717, 1.165) is 25.2 Å². The van der Waals surface area contributed by atoms with Gasteiger partial charge in [0.05, 0.1) is 17.6 Å². The van der Waals surface area contributed by atoms with Crippen molar-refractivity contribution in [2.75, 3.05) is 0 Å². The third-order valence-corrected chi connectivity index (χ3v) is 5.91. The van der Waals surface area contributed by atoms with E-state index < -0.39 is 11.4 Å². The van der Waals surface area contributed by atoms with E-state index in [0.29, 0.717) is 12.7 Å². The molecule has 0 amide bonds. The molecule has 3 unspecified atom stereocenters. The minimum atomic E-state index is -1.27. The quantitative estimate of drug-likeness (QED) is 0.260. The van der Waals surface area contributed by atoms with Crippen LogP contribution in [0, 0.1) is 17.3 Å². The van der Waals surface area contributed by atoms with Crippen molar-refractivity contribution >= 4 is 17.7 Å². The molecule has 5 heteroatoms. The minimum Gasteiger partial charge on any atom is -0.422 e. The Hall–Kier alpha value is -1.71. The highest BCUT2D eigenvalue weighted by Gasteiger charge is 2.62. The summed E-state index contributed by atoms with van der Waals surface area (Å²) in [5, 5.41) is 0. The van der Waals surface area contributed by atoms with Crippen molar-refractivity contribution in [3.05, 3.63) is 18.4 Å². The maximum Gasteiger partial charge on any atom is 0.329 e. The minimum absolute atomic E-state index is 0.0816. The topological polar surface area (TPSA) is 69.7 Å². The summed E-state index contributed by atoms with van der Waals surface area (Å²) in [5.74, 6) is 0.947. The van der Waals surface area contributed by atoms with E-state index in [1.54, 1.807) is 12.2 Å². The highest BCUT2D eigenvalue weighted by Crippen LogP contribution is 2.55. The van der Waals surface area contributed by atoms with Crippen molar-refractivity contribution in [1.82, 2.24) is 0 Å². The second kappa shape index (κ2) is 4.64. The van der Waals surface area contributed by atoms with Crippen molar-refractivity contribution in [2.24, 2.45) is 17.3 Å². The first-order valence-corrected chi connectivity index (χ1v) is 7.91. The van der Waals surface area contributed by atoms with Crippen LogP contribution in [-0.4, -0.2) is 29.4 Å². The first-order valence-electron chi connectivity index (χ1n) is 7.91. The van der Waals surface area contributed by atoms with Crippen LogP contribution in [0.15, 0.2) is 18.4 Å². The van der Waals surface area contributed by atoms with Crippen molar-refractivity contribution < 1.29 is 23.9 Å². The van der Waals surface area contributed by atoms with Crippen LogP contribution in [0.5, 0.6) is 0 Å². The van der Waals surface area contributed by atoms with Crippen molar-refractivity contribution in [3.63, 3.8) is 0 Å². The molecule has 4 bridgehead atoms. The zero-order chi connectivity index (χ0) is 15.4. The fraction of sp³-hybridized carbons (Fsp3) is 0.647. The summed E-state index contributed by atoms with van der Waals surface area (Å²) in [5.41, 5.74) is -1.35. The summed E-state index contributed by atoms with van der Waals surface area (Å²) < 4.78 is 11.1. The van der Waals surface area contributed by atoms with Gasteiger partial charge in [-0.3, -0.25) is 9.59 Å². The molecule has 22 heavy (non-hydrogen) atoms. The van der Waals surface area contributed by atoms with Gasteiger partial charge in [-0.2, -0.15) is 0 Å². The summed E-state index contributed by atoms with van der Waals surface area (Å²) in [6.07, 6.45) is 9.74. The zero-order valence-corrected chi connectivity index (χ0v) is 12.2. The van der Waals surface area contributed by atoms with Gasteiger partial charge in [-0.05, 0) is 38.0 Å². The second-order valence-electron chi connectivity index (χ2n) is 7.05. The SMILES string of the molecule is O=C=COC(=O)C12C=CC(C1=O)C(OC13CCC(CC1)C3)C2. The number of carbonyl (C=O) groups excluding carboxylic acids is 3. The Morgan fingerprint density at radius 3 is 2.73 bits per heavy atom. The first kappa shape index (κ1) is 13.9. The van der Waals surface area contributed by atoms with E-state index in [1.807, 2.05) is 0 Å². The van der Waals surface area contributed by atoms with Crippen molar-refractivity contribution in [3.8, 4) is 0 Å². The number of hydrogen-bond donors (Lipinski definition) is 0. The lowest BCUT2D eigenvalue weighted by molar-refractivity contribution is -0.151. The summed E-state index contributed by atoms with van der Waals surface area (Å²) in [6, 6.07) is 0. The molecule has 3 fully saturated rings. The molecule has 4 rings (SSSR count). The molecule has 0 N–H and O–H groups in total. The first-order chi connectivity index (χ1) is 10.6. The average molecular weight is 302 g/mol. The van der Waals surface area contributed by atoms with Gasteiger partial charge < -0.3 is 9.47 Å². The van der Waals surface area contributed by atoms with Crippen LogP contribution < -0.4 is 0 Å². The number of carbonyl (C=O) groups is 2. The van der Waals surface area contributed by atoms with Crippen LogP contribution in [-0.2, 0) is 23.9 Å². The third-order valence-electron chi connectivity index (χ3n) is 5.91.